The molecule has 1 rings (SSSR count). The molecule has 5 nitrogen and oxygen atoms in total. The Morgan fingerprint density at radius 2 is 1.75 bits per heavy atom. The molecule has 0 fully saturated rings. The fraction of sp³-hybridized carbons (Fsp3) is 0.467. The third-order valence-electron chi connectivity index (χ3n) is 3.03. The van der Waals surface area contributed by atoms with Gasteiger partial charge >= 0.3 is 12.2 Å². The molecular weight excluding hydrogens is 330 g/mol. The molecular formula is C15H19F4N3O2. The number of carbonyl (C=O) groups is 2. The first-order chi connectivity index (χ1) is 11.2. The van der Waals surface area contributed by atoms with Crippen LogP contribution in [0.25, 0.3) is 0 Å². The first-order valence-electron chi connectivity index (χ1n) is 7.34. The lowest BCUT2D eigenvalue weighted by molar-refractivity contribution is -0.139. The molecule has 0 aliphatic carbocycles. The molecule has 0 aliphatic rings. The van der Waals surface area contributed by atoms with Crippen molar-refractivity contribution in [3.8, 4) is 0 Å². The molecule has 3 amide bonds. The number of hydrogen-bond donors (Lipinski definition) is 3. The molecule has 1 aromatic carbocycles. The molecule has 0 heterocycles. The quantitative estimate of drug-likeness (QED) is 0.662. The molecule has 3 N–H and O–H groups in total. The minimum Gasteiger partial charge on any atom is -0.345 e. The van der Waals surface area contributed by atoms with Gasteiger partial charge in [0.05, 0.1) is 0 Å². The van der Waals surface area contributed by atoms with Crippen LogP contribution in [0.3, 0.4) is 0 Å². The SMILES string of the molecule is CCC[C@H](NC(=O)NCc1ccc(F)cc1)C(=O)NCC(F)(F)F. The monoisotopic (exact) mass is 349 g/mol. The Kier molecular flexibility index (Phi) is 7.47. The van der Waals surface area contributed by atoms with E-state index in [1.807, 2.05) is 0 Å². The molecule has 24 heavy (non-hydrogen) atoms. The fourth-order valence-corrected chi connectivity index (χ4v) is 1.86. The number of carbonyl (C=O) groups excluding carboxylic acids is 2. The van der Waals surface area contributed by atoms with Crippen LogP contribution >= 0.6 is 0 Å². The summed E-state index contributed by atoms with van der Waals surface area (Å²) in [6, 6.07) is 3.67. The van der Waals surface area contributed by atoms with E-state index in [0.717, 1.165) is 0 Å². The van der Waals surface area contributed by atoms with E-state index in [1.165, 1.54) is 24.3 Å². The van der Waals surface area contributed by atoms with E-state index in [2.05, 4.69) is 10.6 Å². The first kappa shape index (κ1) is 19.7. The third kappa shape index (κ3) is 7.80. The first-order valence-corrected chi connectivity index (χ1v) is 7.34. The molecule has 0 aliphatic heterocycles. The van der Waals surface area contributed by atoms with Crippen molar-refractivity contribution in [3.63, 3.8) is 0 Å². The van der Waals surface area contributed by atoms with Gasteiger partial charge in [-0.05, 0) is 24.1 Å². The van der Waals surface area contributed by atoms with Gasteiger partial charge < -0.3 is 16.0 Å². The molecule has 0 bridgehead atoms. The lowest BCUT2D eigenvalue weighted by Crippen LogP contribution is -2.51. The maximum Gasteiger partial charge on any atom is 0.405 e. The van der Waals surface area contributed by atoms with Gasteiger partial charge in [0.15, 0.2) is 0 Å². The van der Waals surface area contributed by atoms with Crippen LogP contribution in [-0.2, 0) is 11.3 Å². The Bertz CT molecular complexity index is 547. The number of halogens is 4. The van der Waals surface area contributed by atoms with Crippen molar-refractivity contribution in [3.05, 3.63) is 35.6 Å². The second kappa shape index (κ2) is 9.09. The van der Waals surface area contributed by atoms with Crippen LogP contribution in [0.4, 0.5) is 22.4 Å². The van der Waals surface area contributed by atoms with Crippen LogP contribution in [0.5, 0.6) is 0 Å². The Labute approximate surface area is 136 Å². The van der Waals surface area contributed by atoms with Crippen LogP contribution < -0.4 is 16.0 Å². The van der Waals surface area contributed by atoms with Crippen molar-refractivity contribution >= 4 is 11.9 Å². The van der Waals surface area contributed by atoms with Crippen LogP contribution in [-0.4, -0.2) is 30.7 Å². The topological polar surface area (TPSA) is 70.2 Å². The average Bonchev–Trinajstić information content (AvgIpc) is 2.51. The number of nitrogens with one attached hydrogen (secondary N) is 3. The summed E-state index contributed by atoms with van der Waals surface area (Å²) in [5, 5.41) is 6.54. The van der Waals surface area contributed by atoms with Gasteiger partial charge in [-0.3, -0.25) is 4.79 Å². The van der Waals surface area contributed by atoms with E-state index < -0.39 is 36.5 Å². The van der Waals surface area contributed by atoms with Crippen LogP contribution in [0.15, 0.2) is 24.3 Å². The highest BCUT2D eigenvalue weighted by molar-refractivity contribution is 5.87. The highest BCUT2D eigenvalue weighted by Crippen LogP contribution is 2.12. The molecule has 1 atom stereocenters. The Morgan fingerprint density at radius 1 is 1.12 bits per heavy atom. The standard InChI is InChI=1S/C15H19F4N3O2/c1-2-3-12(13(23)21-9-15(17,18)19)22-14(24)20-8-10-4-6-11(16)7-5-10/h4-7,12H,2-3,8-9H2,1H3,(H,21,23)(H2,20,22,24)/t12-/m0/s1. The van der Waals surface area contributed by atoms with E-state index in [9.17, 15) is 27.2 Å². The van der Waals surface area contributed by atoms with Gasteiger partial charge in [0.25, 0.3) is 0 Å². The number of urea groups is 1. The summed E-state index contributed by atoms with van der Waals surface area (Å²) in [7, 11) is 0. The zero-order chi connectivity index (χ0) is 18.2. The molecule has 0 saturated heterocycles. The number of benzene rings is 1. The van der Waals surface area contributed by atoms with Gasteiger partial charge in [-0.2, -0.15) is 13.2 Å². The van der Waals surface area contributed by atoms with E-state index >= 15 is 0 Å². The summed E-state index contributed by atoms with van der Waals surface area (Å²) in [6.07, 6.45) is -3.81. The van der Waals surface area contributed by atoms with Crippen molar-refractivity contribution < 1.29 is 27.2 Å². The van der Waals surface area contributed by atoms with E-state index in [-0.39, 0.29) is 13.0 Å². The molecule has 0 unspecified atom stereocenters. The van der Waals surface area contributed by atoms with Crippen molar-refractivity contribution in [2.24, 2.45) is 0 Å². The number of amides is 3. The second-order valence-electron chi connectivity index (χ2n) is 5.13. The minimum absolute atomic E-state index is 0.0924. The molecule has 0 radical (unpaired) electrons. The van der Waals surface area contributed by atoms with Crippen LogP contribution in [0, 0.1) is 5.82 Å². The largest absolute Gasteiger partial charge is 0.405 e. The summed E-state index contributed by atoms with van der Waals surface area (Å²) in [5.41, 5.74) is 0.639. The molecule has 0 saturated carbocycles. The fourth-order valence-electron chi connectivity index (χ4n) is 1.86. The Hall–Kier alpha value is -2.32. The van der Waals surface area contributed by atoms with Gasteiger partial charge in [-0.15, -0.1) is 0 Å². The Balaban J connectivity index is 2.49. The van der Waals surface area contributed by atoms with Crippen LogP contribution in [0.1, 0.15) is 25.3 Å². The zero-order valence-corrected chi connectivity index (χ0v) is 13.0. The lowest BCUT2D eigenvalue weighted by atomic mass is 10.1. The molecule has 0 aromatic heterocycles. The number of rotatable bonds is 7. The maximum atomic E-state index is 12.8. The summed E-state index contributed by atoms with van der Waals surface area (Å²) >= 11 is 0. The summed E-state index contributed by atoms with van der Waals surface area (Å²) < 4.78 is 49.1. The summed E-state index contributed by atoms with van der Waals surface area (Å²) in [4.78, 5) is 23.5. The van der Waals surface area contributed by atoms with Gasteiger partial charge in [-0.1, -0.05) is 25.5 Å². The molecule has 0 spiro atoms. The zero-order valence-electron chi connectivity index (χ0n) is 13.0. The second-order valence-corrected chi connectivity index (χ2v) is 5.13. The Morgan fingerprint density at radius 3 is 2.29 bits per heavy atom. The predicted molar refractivity (Wildman–Crippen MR) is 79.5 cm³/mol. The number of hydrogen-bond acceptors (Lipinski definition) is 2. The van der Waals surface area contributed by atoms with Crippen molar-refractivity contribution in [2.45, 2.75) is 38.5 Å². The van der Waals surface area contributed by atoms with Gasteiger partial charge in [0.2, 0.25) is 5.91 Å². The molecule has 9 heteroatoms. The van der Waals surface area contributed by atoms with E-state index in [0.29, 0.717) is 12.0 Å². The normalized spacial score (nSPS) is 12.4. The summed E-state index contributed by atoms with van der Waals surface area (Å²) in [6.45, 7) is 0.377. The smallest absolute Gasteiger partial charge is 0.345 e. The average molecular weight is 349 g/mol. The van der Waals surface area contributed by atoms with Crippen LogP contribution in [0.2, 0.25) is 0 Å². The summed E-state index contributed by atoms with van der Waals surface area (Å²) in [5.74, 6) is -1.31. The lowest BCUT2D eigenvalue weighted by Gasteiger charge is -2.19. The highest BCUT2D eigenvalue weighted by atomic mass is 19.4. The van der Waals surface area contributed by atoms with Gasteiger partial charge in [0.1, 0.15) is 18.4 Å². The van der Waals surface area contributed by atoms with Crippen molar-refractivity contribution in [2.75, 3.05) is 6.54 Å². The third-order valence-corrected chi connectivity index (χ3v) is 3.03. The van der Waals surface area contributed by atoms with E-state index in [1.54, 1.807) is 12.2 Å². The molecule has 1 aromatic rings. The highest BCUT2D eigenvalue weighted by Gasteiger charge is 2.29. The van der Waals surface area contributed by atoms with E-state index in [4.69, 9.17) is 0 Å². The van der Waals surface area contributed by atoms with Crippen molar-refractivity contribution in [1.82, 2.24) is 16.0 Å². The van der Waals surface area contributed by atoms with Gasteiger partial charge in [0, 0.05) is 6.54 Å². The number of alkyl halides is 3. The van der Waals surface area contributed by atoms with Crippen molar-refractivity contribution in [1.29, 1.82) is 0 Å². The maximum absolute atomic E-state index is 12.8. The van der Waals surface area contributed by atoms with Gasteiger partial charge in [-0.25, -0.2) is 9.18 Å². The predicted octanol–water partition coefficient (Wildman–Crippen LogP) is 2.47. The molecule has 134 valence electrons. The minimum atomic E-state index is -4.52.